The first kappa shape index (κ1) is 15.3. The molecule has 0 aliphatic carbocycles. The van der Waals surface area contributed by atoms with Gasteiger partial charge in [0.05, 0.1) is 0 Å². The van der Waals surface area contributed by atoms with E-state index in [0.717, 1.165) is 22.6 Å². The predicted octanol–water partition coefficient (Wildman–Crippen LogP) is 5.05. The van der Waals surface area contributed by atoms with Crippen LogP contribution in [0.15, 0.2) is 84.9 Å². The van der Waals surface area contributed by atoms with Crippen molar-refractivity contribution in [1.82, 2.24) is 0 Å². The zero-order chi connectivity index (χ0) is 15.9. The Morgan fingerprint density at radius 3 is 2.04 bits per heavy atom. The first-order valence-electron chi connectivity index (χ1n) is 7.44. The summed E-state index contributed by atoms with van der Waals surface area (Å²) >= 11 is 5.41. The fraction of sp³-hybridized carbons (Fsp3) is 0.0500. The molecular weight excluding hydrogens is 302 g/mol. The molecule has 3 aromatic rings. The summed E-state index contributed by atoms with van der Waals surface area (Å²) in [5, 5.41) is 3.24. The molecule has 3 rings (SSSR count). The van der Waals surface area contributed by atoms with E-state index in [-0.39, 0.29) is 0 Å². The molecule has 0 saturated carbocycles. The Morgan fingerprint density at radius 2 is 1.39 bits per heavy atom. The minimum atomic E-state index is 0.566. The van der Waals surface area contributed by atoms with E-state index < -0.39 is 0 Å². The van der Waals surface area contributed by atoms with Crippen LogP contribution in [0.25, 0.3) is 0 Å². The number of thiocarbonyl (C=S) groups is 1. The monoisotopic (exact) mass is 319 g/mol. The van der Waals surface area contributed by atoms with Gasteiger partial charge in [0.15, 0.2) is 0 Å². The first-order valence-corrected chi connectivity index (χ1v) is 7.85. The van der Waals surface area contributed by atoms with Crippen LogP contribution < -0.4 is 10.1 Å². The van der Waals surface area contributed by atoms with Crippen LogP contribution in [0.3, 0.4) is 0 Å². The Bertz CT molecular complexity index is 755. The number of benzene rings is 3. The first-order chi connectivity index (χ1) is 11.3. The number of hydrogen-bond acceptors (Lipinski definition) is 2. The fourth-order valence-electron chi connectivity index (χ4n) is 2.17. The molecule has 0 aliphatic rings. The maximum Gasteiger partial charge on any atom is 0.119 e. The Balaban J connectivity index is 1.58. The van der Waals surface area contributed by atoms with E-state index >= 15 is 0 Å². The van der Waals surface area contributed by atoms with Gasteiger partial charge in [0, 0.05) is 11.3 Å². The maximum absolute atomic E-state index is 5.78. The van der Waals surface area contributed by atoms with Gasteiger partial charge in [0.25, 0.3) is 0 Å². The molecule has 0 heterocycles. The van der Waals surface area contributed by atoms with E-state index in [1.165, 1.54) is 0 Å². The molecule has 0 fully saturated rings. The van der Waals surface area contributed by atoms with Gasteiger partial charge in [-0.05, 0) is 29.8 Å². The smallest absolute Gasteiger partial charge is 0.119 e. The lowest BCUT2D eigenvalue weighted by molar-refractivity contribution is 0.306. The summed E-state index contributed by atoms with van der Waals surface area (Å²) in [5.41, 5.74) is 3.11. The zero-order valence-corrected chi connectivity index (χ0v) is 13.4. The third-order valence-corrected chi connectivity index (χ3v) is 3.73. The van der Waals surface area contributed by atoms with Crippen LogP contribution >= 0.6 is 12.2 Å². The number of nitrogens with one attached hydrogen (secondary N) is 1. The van der Waals surface area contributed by atoms with Gasteiger partial charge >= 0.3 is 0 Å². The van der Waals surface area contributed by atoms with Crippen LogP contribution in [0.1, 0.15) is 11.1 Å². The molecule has 0 aliphatic heterocycles. The number of ether oxygens (including phenoxy) is 1. The van der Waals surface area contributed by atoms with E-state index in [4.69, 9.17) is 17.0 Å². The molecule has 0 radical (unpaired) electrons. The van der Waals surface area contributed by atoms with Crippen LogP contribution in [-0.4, -0.2) is 4.99 Å². The van der Waals surface area contributed by atoms with Crippen molar-refractivity contribution in [3.63, 3.8) is 0 Å². The average molecular weight is 319 g/mol. The molecule has 2 nitrogen and oxygen atoms in total. The summed E-state index contributed by atoms with van der Waals surface area (Å²) in [7, 11) is 0. The maximum atomic E-state index is 5.78. The van der Waals surface area contributed by atoms with Gasteiger partial charge < -0.3 is 10.1 Å². The highest BCUT2D eigenvalue weighted by atomic mass is 32.1. The van der Waals surface area contributed by atoms with Crippen LogP contribution in [0, 0.1) is 0 Å². The Kier molecular flexibility index (Phi) is 5.02. The zero-order valence-electron chi connectivity index (χ0n) is 12.6. The van der Waals surface area contributed by atoms with Crippen molar-refractivity contribution in [2.24, 2.45) is 0 Å². The third kappa shape index (κ3) is 4.41. The predicted molar refractivity (Wildman–Crippen MR) is 99.0 cm³/mol. The highest BCUT2D eigenvalue weighted by Gasteiger charge is 2.01. The van der Waals surface area contributed by atoms with Crippen LogP contribution in [0.4, 0.5) is 5.69 Å². The Labute approximate surface area is 141 Å². The minimum Gasteiger partial charge on any atom is -0.489 e. The quantitative estimate of drug-likeness (QED) is 0.665. The van der Waals surface area contributed by atoms with E-state index in [1.54, 1.807) is 0 Å². The largest absolute Gasteiger partial charge is 0.489 e. The lowest BCUT2D eigenvalue weighted by atomic mass is 10.2. The van der Waals surface area contributed by atoms with Gasteiger partial charge in [-0.3, -0.25) is 0 Å². The summed E-state index contributed by atoms with van der Waals surface area (Å²) < 4.78 is 5.78. The molecule has 0 amide bonds. The molecule has 0 unspecified atom stereocenters. The van der Waals surface area contributed by atoms with Crippen molar-refractivity contribution in [3.05, 3.63) is 96.1 Å². The molecule has 0 bridgehead atoms. The second-order valence-electron chi connectivity index (χ2n) is 5.12. The topological polar surface area (TPSA) is 21.3 Å². The van der Waals surface area contributed by atoms with E-state index in [2.05, 4.69) is 5.32 Å². The van der Waals surface area contributed by atoms with Gasteiger partial charge in [0.1, 0.15) is 17.3 Å². The van der Waals surface area contributed by atoms with Crippen molar-refractivity contribution >= 4 is 22.9 Å². The minimum absolute atomic E-state index is 0.566. The number of anilines is 1. The van der Waals surface area contributed by atoms with Crippen molar-refractivity contribution in [1.29, 1.82) is 0 Å². The lowest BCUT2D eigenvalue weighted by Crippen LogP contribution is -2.10. The Hall–Kier alpha value is -2.65. The normalized spacial score (nSPS) is 10.1. The van der Waals surface area contributed by atoms with E-state index in [0.29, 0.717) is 11.6 Å². The van der Waals surface area contributed by atoms with Crippen molar-refractivity contribution < 1.29 is 4.74 Å². The highest BCUT2D eigenvalue weighted by Crippen LogP contribution is 2.18. The second kappa shape index (κ2) is 7.56. The van der Waals surface area contributed by atoms with Gasteiger partial charge in [0.2, 0.25) is 0 Å². The van der Waals surface area contributed by atoms with Crippen molar-refractivity contribution in [2.75, 3.05) is 5.32 Å². The summed E-state index contributed by atoms with van der Waals surface area (Å²) in [5.74, 6) is 0.838. The standard InChI is InChI=1S/C20H17NOS/c23-20(17-9-5-2-6-10-17)21-18-11-13-19(14-12-18)22-15-16-7-3-1-4-8-16/h1-14H,15H2,(H,21,23). The van der Waals surface area contributed by atoms with Crippen molar-refractivity contribution in [2.45, 2.75) is 6.61 Å². The molecule has 3 aromatic carbocycles. The van der Waals surface area contributed by atoms with Crippen LogP contribution in [0.2, 0.25) is 0 Å². The molecule has 0 spiro atoms. The fourth-order valence-corrected chi connectivity index (χ4v) is 2.42. The summed E-state index contributed by atoms with van der Waals surface area (Å²) in [4.78, 5) is 0.712. The van der Waals surface area contributed by atoms with Gasteiger partial charge in [-0.1, -0.05) is 72.9 Å². The van der Waals surface area contributed by atoms with E-state index in [9.17, 15) is 0 Å². The highest BCUT2D eigenvalue weighted by molar-refractivity contribution is 7.81. The number of rotatable bonds is 5. The van der Waals surface area contributed by atoms with Gasteiger partial charge in [-0.25, -0.2) is 0 Å². The molecule has 0 aromatic heterocycles. The molecule has 23 heavy (non-hydrogen) atoms. The summed E-state index contributed by atoms with van der Waals surface area (Å²) in [6, 6.07) is 27.9. The summed E-state index contributed by atoms with van der Waals surface area (Å²) in [6.07, 6.45) is 0. The molecule has 3 heteroatoms. The summed E-state index contributed by atoms with van der Waals surface area (Å²) in [6.45, 7) is 0.566. The van der Waals surface area contributed by atoms with Gasteiger partial charge in [-0.2, -0.15) is 0 Å². The average Bonchev–Trinajstić information content (AvgIpc) is 2.63. The third-order valence-electron chi connectivity index (χ3n) is 3.40. The molecular formula is C20H17NOS. The lowest BCUT2D eigenvalue weighted by Gasteiger charge is -2.10. The van der Waals surface area contributed by atoms with Gasteiger partial charge in [-0.15, -0.1) is 0 Å². The van der Waals surface area contributed by atoms with E-state index in [1.807, 2.05) is 84.9 Å². The molecule has 0 atom stereocenters. The molecule has 1 N–H and O–H groups in total. The van der Waals surface area contributed by atoms with Crippen LogP contribution in [-0.2, 0) is 6.61 Å². The van der Waals surface area contributed by atoms with Crippen LogP contribution in [0.5, 0.6) is 5.75 Å². The molecule has 0 saturated heterocycles. The van der Waals surface area contributed by atoms with Crippen molar-refractivity contribution in [3.8, 4) is 5.75 Å². The second-order valence-corrected chi connectivity index (χ2v) is 5.53. The number of hydrogen-bond donors (Lipinski definition) is 1. The SMILES string of the molecule is S=C(Nc1ccc(OCc2ccccc2)cc1)c1ccccc1. The molecule has 114 valence electrons. The Morgan fingerprint density at radius 1 is 0.783 bits per heavy atom.